The van der Waals surface area contributed by atoms with E-state index in [1.54, 1.807) is 42.7 Å². The van der Waals surface area contributed by atoms with Crippen molar-refractivity contribution in [2.45, 2.75) is 32.2 Å². The molecule has 0 saturated carbocycles. The van der Waals surface area contributed by atoms with E-state index in [1.807, 2.05) is 24.8 Å². The van der Waals surface area contributed by atoms with Crippen molar-refractivity contribution in [2.24, 2.45) is 0 Å². The predicted octanol–water partition coefficient (Wildman–Crippen LogP) is 3.59. The van der Waals surface area contributed by atoms with Crippen LogP contribution in [0.5, 0.6) is 11.8 Å². The molecule has 0 amide bonds. The van der Waals surface area contributed by atoms with Crippen molar-refractivity contribution in [1.82, 2.24) is 9.71 Å². The highest BCUT2D eigenvalue weighted by atomic mass is 31.2. The van der Waals surface area contributed by atoms with Crippen LogP contribution in [-0.4, -0.2) is 54.4 Å². The number of carbonyl (C=O) groups is 1. The molecule has 13 nitrogen and oxygen atoms in total. The van der Waals surface area contributed by atoms with Gasteiger partial charge in [0.25, 0.3) is 0 Å². The van der Waals surface area contributed by atoms with Crippen LogP contribution >= 0.6 is 7.82 Å². The average Bonchev–Trinajstić information content (AvgIpc) is 3.24. The monoisotopic (exact) mass is 597 g/mol. The van der Waals surface area contributed by atoms with Gasteiger partial charge in [-0.25, -0.2) is 14.2 Å². The van der Waals surface area contributed by atoms with Gasteiger partial charge in [0.2, 0.25) is 11.8 Å². The van der Waals surface area contributed by atoms with E-state index < -0.39 is 36.7 Å². The molecule has 3 aromatic heterocycles. The lowest BCUT2D eigenvalue weighted by atomic mass is 9.87. The van der Waals surface area contributed by atoms with Crippen molar-refractivity contribution in [1.29, 1.82) is 0 Å². The second kappa shape index (κ2) is 11.1. The maximum absolute atomic E-state index is 12.9. The minimum absolute atomic E-state index is 0.0607. The normalized spacial score (nSPS) is 14.5. The number of pyridine rings is 1. The summed E-state index contributed by atoms with van der Waals surface area (Å²) in [5, 5.41) is 20.0. The molecule has 4 heterocycles. The largest absolute Gasteiger partial charge is 0.492 e. The van der Waals surface area contributed by atoms with E-state index in [2.05, 4.69) is 4.98 Å². The van der Waals surface area contributed by atoms with Crippen molar-refractivity contribution < 1.29 is 43.1 Å². The molecule has 0 fully saturated rings. The third-order valence-corrected chi connectivity index (χ3v) is 7.31. The Labute approximate surface area is 239 Å². The number of phosphoric acid groups is 1. The molecule has 0 radical (unpaired) electrons. The van der Waals surface area contributed by atoms with E-state index in [0.717, 1.165) is 0 Å². The van der Waals surface area contributed by atoms with E-state index in [4.69, 9.17) is 13.8 Å². The lowest BCUT2D eigenvalue weighted by Gasteiger charge is -2.43. The Morgan fingerprint density at radius 1 is 1.05 bits per heavy atom. The van der Waals surface area contributed by atoms with Gasteiger partial charge in [-0.2, -0.15) is 0 Å². The Balaban J connectivity index is 1.49. The highest BCUT2D eigenvalue weighted by Gasteiger charge is 2.34. The molecule has 0 bridgehead atoms. The Morgan fingerprint density at radius 2 is 1.71 bits per heavy atom. The number of fused-ring (bicyclic) bond motifs is 2. The molecule has 5 rings (SSSR count). The molecule has 0 atom stereocenters. The highest BCUT2D eigenvalue weighted by molar-refractivity contribution is 7.46. The maximum Gasteiger partial charge on any atom is 0.469 e. The van der Waals surface area contributed by atoms with Crippen LogP contribution in [0.4, 0.5) is 5.69 Å². The van der Waals surface area contributed by atoms with Gasteiger partial charge >= 0.3 is 19.4 Å². The average molecular weight is 598 g/mol. The van der Waals surface area contributed by atoms with Gasteiger partial charge in [-0.1, -0.05) is 6.08 Å². The molecule has 0 aliphatic carbocycles. The second-order valence-electron chi connectivity index (χ2n) is 10.2. The first-order valence-electron chi connectivity index (χ1n) is 12.9. The number of anilines is 1. The topological polar surface area (TPSA) is 185 Å². The summed E-state index contributed by atoms with van der Waals surface area (Å²) >= 11 is 0. The zero-order chi connectivity index (χ0) is 30.2. The van der Waals surface area contributed by atoms with Crippen molar-refractivity contribution in [2.75, 3.05) is 18.1 Å². The van der Waals surface area contributed by atoms with E-state index in [1.165, 1.54) is 12.1 Å². The molecule has 0 saturated heterocycles. The van der Waals surface area contributed by atoms with E-state index in [9.17, 15) is 34.2 Å². The summed E-state index contributed by atoms with van der Waals surface area (Å²) in [6.07, 6.45) is 5.19. The third-order valence-electron chi connectivity index (χ3n) is 6.84. The maximum atomic E-state index is 12.9. The Morgan fingerprint density at radius 3 is 2.38 bits per heavy atom. The zero-order valence-corrected chi connectivity index (χ0v) is 23.5. The molecule has 0 unspecified atom stereocenters. The van der Waals surface area contributed by atoms with Gasteiger partial charge < -0.3 is 34.2 Å². The van der Waals surface area contributed by atoms with Crippen LogP contribution in [0, 0.1) is 0 Å². The summed E-state index contributed by atoms with van der Waals surface area (Å²) in [4.78, 5) is 55.0. The lowest BCUT2D eigenvalue weighted by molar-refractivity contribution is -0.145. The summed E-state index contributed by atoms with van der Waals surface area (Å²) in [5.41, 5.74) is 1.71. The Kier molecular flexibility index (Phi) is 7.69. The number of aromatic nitrogens is 2. The van der Waals surface area contributed by atoms with E-state index in [0.29, 0.717) is 56.6 Å². The van der Waals surface area contributed by atoms with Crippen molar-refractivity contribution in [3.63, 3.8) is 0 Å². The SMILES string of the molecule is CC1(C)C=C(COP(=O)(O)O)c2cc3cc(-c4ccncc4)c(=O)oc3cc2N1CCCC(=O)On1c(O)ccc1O. The summed E-state index contributed by atoms with van der Waals surface area (Å²) in [5.74, 6) is -1.54. The van der Waals surface area contributed by atoms with Crippen LogP contribution in [0.1, 0.15) is 32.3 Å². The molecule has 4 aromatic rings. The van der Waals surface area contributed by atoms with Gasteiger partial charge in [0.05, 0.1) is 17.7 Å². The fourth-order valence-electron chi connectivity index (χ4n) is 4.97. The number of rotatable bonds is 9. The number of phosphoric ester groups is 1. The first-order chi connectivity index (χ1) is 19.8. The van der Waals surface area contributed by atoms with E-state index >= 15 is 0 Å². The third kappa shape index (κ3) is 6.09. The van der Waals surface area contributed by atoms with Gasteiger partial charge in [0.15, 0.2) is 0 Å². The van der Waals surface area contributed by atoms with Crippen LogP contribution in [0.2, 0.25) is 0 Å². The second-order valence-corrected chi connectivity index (χ2v) is 11.5. The predicted molar refractivity (Wildman–Crippen MR) is 152 cm³/mol. The molecule has 1 aliphatic rings. The van der Waals surface area contributed by atoms with Crippen LogP contribution in [0.25, 0.3) is 27.7 Å². The number of nitrogens with zero attached hydrogens (tertiary/aromatic N) is 3. The Hall–Kier alpha value is -4.42. The van der Waals surface area contributed by atoms with Crippen LogP contribution < -0.4 is 15.4 Å². The summed E-state index contributed by atoms with van der Waals surface area (Å²) in [6, 6.07) is 10.9. The fraction of sp³-hybridized carbons (Fsp3) is 0.250. The van der Waals surface area contributed by atoms with Gasteiger partial charge in [0.1, 0.15) is 5.58 Å². The quantitative estimate of drug-likeness (QED) is 0.163. The molecule has 1 aliphatic heterocycles. The summed E-state index contributed by atoms with van der Waals surface area (Å²) in [7, 11) is -4.77. The van der Waals surface area contributed by atoms with Gasteiger partial charge in [-0.3, -0.25) is 9.51 Å². The van der Waals surface area contributed by atoms with Crippen LogP contribution in [-0.2, 0) is 13.9 Å². The van der Waals surface area contributed by atoms with Gasteiger partial charge in [-0.05, 0) is 55.7 Å². The van der Waals surface area contributed by atoms with Crippen molar-refractivity contribution >= 4 is 36.0 Å². The Bertz CT molecular complexity index is 1770. The van der Waals surface area contributed by atoms with Gasteiger partial charge in [-0.15, -0.1) is 4.73 Å². The van der Waals surface area contributed by atoms with Crippen LogP contribution in [0.3, 0.4) is 0 Å². The summed E-state index contributed by atoms with van der Waals surface area (Å²) in [6.45, 7) is 3.72. The molecular weight excluding hydrogens is 569 g/mol. The number of carbonyl (C=O) groups excluding carboxylic acids is 1. The number of hydrogen-bond donors (Lipinski definition) is 4. The van der Waals surface area contributed by atoms with Crippen LogP contribution in [0.15, 0.2) is 70.1 Å². The molecule has 1 aromatic carbocycles. The fourth-order valence-corrected chi connectivity index (χ4v) is 5.28. The van der Waals surface area contributed by atoms with Crippen molar-refractivity contribution in [3.05, 3.63) is 76.9 Å². The van der Waals surface area contributed by atoms with E-state index in [-0.39, 0.29) is 13.0 Å². The number of benzene rings is 1. The van der Waals surface area contributed by atoms with Crippen molar-refractivity contribution in [3.8, 4) is 22.9 Å². The molecule has 14 heteroatoms. The minimum Gasteiger partial charge on any atom is -0.492 e. The molecular formula is C28H28N3O10P. The number of aromatic hydroxyl groups is 2. The molecule has 4 N–H and O–H groups in total. The first kappa shape index (κ1) is 29.1. The lowest BCUT2D eigenvalue weighted by Crippen LogP contribution is -2.46. The smallest absolute Gasteiger partial charge is 0.469 e. The number of hydrogen-bond acceptors (Lipinski definition) is 10. The minimum atomic E-state index is -4.77. The standard InChI is InChI=1S/C28H28N3O10P/c1-28(2)15-19(16-39-42(36,37)38)20-12-18-13-21(17-7-9-29-10-8-17)27(35)40-23(18)14-22(20)30(28)11-3-4-26(34)41-31-24(32)5-6-25(31)33/h5-10,12-15,32-33H,3-4,11,16H2,1-2H3,(H2,36,37,38). The zero-order valence-electron chi connectivity index (χ0n) is 22.6. The molecule has 0 spiro atoms. The van der Waals surface area contributed by atoms with Gasteiger partial charge in [0, 0.05) is 60.2 Å². The highest BCUT2D eigenvalue weighted by Crippen LogP contribution is 2.44. The molecule has 42 heavy (non-hydrogen) atoms. The first-order valence-corrected chi connectivity index (χ1v) is 14.4. The summed E-state index contributed by atoms with van der Waals surface area (Å²) < 4.78 is 22.7. The molecule has 220 valence electrons.